The van der Waals surface area contributed by atoms with E-state index in [4.69, 9.17) is 5.73 Å². The van der Waals surface area contributed by atoms with E-state index in [0.29, 0.717) is 0 Å². The van der Waals surface area contributed by atoms with Crippen molar-refractivity contribution in [3.05, 3.63) is 33.9 Å². The highest BCUT2D eigenvalue weighted by Gasteiger charge is 2.36. The van der Waals surface area contributed by atoms with E-state index in [0.717, 1.165) is 18.2 Å². The molecule has 1 aromatic rings. The van der Waals surface area contributed by atoms with Gasteiger partial charge in [0, 0.05) is 0 Å². The van der Waals surface area contributed by atoms with Gasteiger partial charge in [-0.05, 0) is 12.1 Å². The van der Waals surface area contributed by atoms with Crippen molar-refractivity contribution in [2.75, 3.05) is 0 Å². The van der Waals surface area contributed by atoms with Crippen LogP contribution in [0, 0.1) is 10.1 Å². The molecule has 2 N–H and O–H groups in total. The first kappa shape index (κ1) is 12.7. The van der Waals surface area contributed by atoms with Gasteiger partial charge >= 0.3 is 12.0 Å². The number of alkyl halides is 3. The fourth-order valence-corrected chi connectivity index (χ4v) is 1.12. The van der Waals surface area contributed by atoms with E-state index in [-0.39, 0.29) is 0 Å². The van der Waals surface area contributed by atoms with Gasteiger partial charge in [-0.25, -0.2) is 0 Å². The summed E-state index contributed by atoms with van der Waals surface area (Å²) >= 11 is 0. The first-order valence-electron chi connectivity index (χ1n) is 4.05. The molecule has 17 heavy (non-hydrogen) atoms. The normalized spacial score (nSPS) is 11.0. The Kier molecular flexibility index (Phi) is 3.21. The largest absolute Gasteiger partial charge is 0.573 e. The number of rotatable bonds is 3. The Morgan fingerprint density at radius 1 is 1.41 bits per heavy atom. The van der Waals surface area contributed by atoms with Crippen LogP contribution in [-0.4, -0.2) is 17.2 Å². The molecule has 0 aliphatic rings. The highest BCUT2D eigenvalue weighted by Crippen LogP contribution is 2.34. The number of nitrogens with zero attached hydrogens (tertiary/aromatic N) is 1. The van der Waals surface area contributed by atoms with E-state index in [1.165, 1.54) is 0 Å². The van der Waals surface area contributed by atoms with Crippen molar-refractivity contribution >= 4 is 11.6 Å². The van der Waals surface area contributed by atoms with Gasteiger partial charge in [-0.2, -0.15) is 0 Å². The number of nitro groups is 1. The second-order valence-electron chi connectivity index (χ2n) is 2.82. The Bertz CT molecular complexity index is 472. The van der Waals surface area contributed by atoms with Crippen LogP contribution in [0.3, 0.4) is 0 Å². The molecule has 1 rings (SSSR count). The van der Waals surface area contributed by atoms with Crippen LogP contribution < -0.4 is 10.5 Å². The number of nitro benzene ring substituents is 1. The molecule has 0 atom stereocenters. The first-order chi connectivity index (χ1) is 7.72. The van der Waals surface area contributed by atoms with Crippen molar-refractivity contribution in [3.8, 4) is 5.75 Å². The first-order valence-corrected chi connectivity index (χ1v) is 4.05. The number of benzene rings is 1. The van der Waals surface area contributed by atoms with Gasteiger partial charge in [0.1, 0.15) is 5.56 Å². The molecule has 0 aromatic heterocycles. The number of primary amides is 1. The highest BCUT2D eigenvalue weighted by atomic mass is 19.4. The van der Waals surface area contributed by atoms with Gasteiger partial charge in [-0.15, -0.1) is 13.2 Å². The van der Waals surface area contributed by atoms with Gasteiger partial charge in [0.15, 0.2) is 0 Å². The molecule has 6 nitrogen and oxygen atoms in total. The molecule has 0 saturated carbocycles. The zero-order valence-corrected chi connectivity index (χ0v) is 8.02. The van der Waals surface area contributed by atoms with Crippen LogP contribution in [0.25, 0.3) is 0 Å². The van der Waals surface area contributed by atoms with Crippen molar-refractivity contribution in [1.29, 1.82) is 0 Å². The lowest BCUT2D eigenvalue weighted by Gasteiger charge is -2.09. The van der Waals surface area contributed by atoms with Gasteiger partial charge in [-0.1, -0.05) is 6.07 Å². The van der Waals surface area contributed by atoms with Crippen LogP contribution in [0.1, 0.15) is 10.4 Å². The zero-order chi connectivity index (χ0) is 13.2. The Labute approximate surface area is 91.9 Å². The monoisotopic (exact) mass is 250 g/mol. The summed E-state index contributed by atoms with van der Waals surface area (Å²) in [5.74, 6) is -2.30. The van der Waals surface area contributed by atoms with Crippen molar-refractivity contribution in [3.63, 3.8) is 0 Å². The van der Waals surface area contributed by atoms with E-state index < -0.39 is 34.2 Å². The predicted octanol–water partition coefficient (Wildman–Crippen LogP) is 1.59. The number of ether oxygens (including phenoxy) is 1. The van der Waals surface area contributed by atoms with Crippen molar-refractivity contribution < 1.29 is 27.6 Å². The Balaban J connectivity index is 3.35. The second kappa shape index (κ2) is 4.28. The second-order valence-corrected chi connectivity index (χ2v) is 2.82. The summed E-state index contributed by atoms with van der Waals surface area (Å²) in [6.45, 7) is 0. The molecule has 0 aliphatic heterocycles. The van der Waals surface area contributed by atoms with Crippen molar-refractivity contribution in [1.82, 2.24) is 0 Å². The third kappa shape index (κ3) is 3.06. The average molecular weight is 250 g/mol. The van der Waals surface area contributed by atoms with Gasteiger partial charge < -0.3 is 10.5 Å². The number of halogens is 3. The summed E-state index contributed by atoms with van der Waals surface area (Å²) in [5.41, 5.74) is 3.04. The van der Waals surface area contributed by atoms with E-state index >= 15 is 0 Å². The van der Waals surface area contributed by atoms with E-state index in [1.54, 1.807) is 0 Å². The zero-order valence-electron chi connectivity index (χ0n) is 8.02. The fraction of sp³-hybridized carbons (Fsp3) is 0.125. The quantitative estimate of drug-likeness (QED) is 0.650. The molecule has 0 aliphatic carbocycles. The van der Waals surface area contributed by atoms with E-state index in [1.807, 2.05) is 0 Å². The van der Waals surface area contributed by atoms with Crippen LogP contribution in [0.4, 0.5) is 18.9 Å². The van der Waals surface area contributed by atoms with Crippen LogP contribution >= 0.6 is 0 Å². The number of hydrogen-bond donors (Lipinski definition) is 1. The molecule has 0 bridgehead atoms. The smallest absolute Gasteiger partial charge is 0.398 e. The summed E-state index contributed by atoms with van der Waals surface area (Å²) < 4.78 is 39.3. The number of hydrogen-bond acceptors (Lipinski definition) is 4. The summed E-state index contributed by atoms with van der Waals surface area (Å²) in [6.07, 6.45) is -5.10. The van der Waals surface area contributed by atoms with Gasteiger partial charge in [0.2, 0.25) is 5.75 Å². The Morgan fingerprint density at radius 2 is 2.00 bits per heavy atom. The molecular formula is C8H5F3N2O4. The van der Waals surface area contributed by atoms with Crippen LogP contribution in [0.5, 0.6) is 5.75 Å². The molecule has 92 valence electrons. The SMILES string of the molecule is NC(=O)c1cccc(OC(F)(F)F)c1[N+](=O)[O-]. The molecule has 0 radical (unpaired) electrons. The van der Waals surface area contributed by atoms with Crippen LogP contribution in [-0.2, 0) is 0 Å². The third-order valence-corrected chi connectivity index (χ3v) is 1.67. The van der Waals surface area contributed by atoms with Crippen molar-refractivity contribution in [2.45, 2.75) is 6.36 Å². The summed E-state index contributed by atoms with van der Waals surface area (Å²) in [7, 11) is 0. The summed E-state index contributed by atoms with van der Waals surface area (Å²) in [4.78, 5) is 20.2. The lowest BCUT2D eigenvalue weighted by atomic mass is 10.1. The summed E-state index contributed by atoms with van der Waals surface area (Å²) in [5, 5.41) is 10.6. The predicted molar refractivity (Wildman–Crippen MR) is 48.3 cm³/mol. The number of nitrogens with two attached hydrogens (primary N) is 1. The minimum Gasteiger partial charge on any atom is -0.398 e. The fourth-order valence-electron chi connectivity index (χ4n) is 1.12. The maximum atomic E-state index is 12.0. The molecular weight excluding hydrogens is 245 g/mol. The van der Waals surface area contributed by atoms with E-state index in [9.17, 15) is 28.1 Å². The molecule has 1 aromatic carbocycles. The lowest BCUT2D eigenvalue weighted by molar-refractivity contribution is -0.388. The van der Waals surface area contributed by atoms with E-state index in [2.05, 4.69) is 4.74 Å². The maximum Gasteiger partial charge on any atom is 0.573 e. The Morgan fingerprint density at radius 3 is 2.41 bits per heavy atom. The van der Waals surface area contributed by atoms with Crippen LogP contribution in [0.2, 0.25) is 0 Å². The number of carbonyl (C=O) groups is 1. The molecule has 0 heterocycles. The number of amides is 1. The topological polar surface area (TPSA) is 95.5 Å². The lowest BCUT2D eigenvalue weighted by Crippen LogP contribution is -2.20. The maximum absolute atomic E-state index is 12.0. The Hall–Kier alpha value is -2.32. The minimum atomic E-state index is -5.10. The van der Waals surface area contributed by atoms with Gasteiger partial charge in [-0.3, -0.25) is 14.9 Å². The number of carbonyl (C=O) groups excluding carboxylic acids is 1. The molecule has 1 amide bonds. The summed E-state index contributed by atoms with van der Waals surface area (Å²) in [6, 6.07) is 2.65. The molecule has 9 heteroatoms. The molecule has 0 spiro atoms. The standard InChI is InChI=1S/C8H5F3N2O4/c9-8(10,11)17-5-3-1-2-4(7(12)14)6(5)13(15)16/h1-3H,(H2,12,14). The van der Waals surface area contributed by atoms with Crippen LogP contribution in [0.15, 0.2) is 18.2 Å². The highest BCUT2D eigenvalue weighted by molar-refractivity contribution is 5.98. The third-order valence-electron chi connectivity index (χ3n) is 1.67. The molecule has 0 fully saturated rings. The number of para-hydroxylation sites is 1. The van der Waals surface area contributed by atoms with Gasteiger partial charge in [0.25, 0.3) is 5.91 Å². The van der Waals surface area contributed by atoms with Gasteiger partial charge in [0.05, 0.1) is 4.92 Å². The van der Waals surface area contributed by atoms with Crippen molar-refractivity contribution in [2.24, 2.45) is 5.73 Å². The molecule has 0 saturated heterocycles. The molecule has 0 unspecified atom stereocenters. The minimum absolute atomic E-state index is 0.656. The average Bonchev–Trinajstić information content (AvgIpc) is 2.14.